The number of benzene rings is 1. The Kier molecular flexibility index (Phi) is 8.08. The summed E-state index contributed by atoms with van der Waals surface area (Å²) >= 11 is 0. The number of aliphatic carboxylic acids is 1. The summed E-state index contributed by atoms with van der Waals surface area (Å²) < 4.78 is 16.6. The van der Waals surface area contributed by atoms with E-state index < -0.39 is 53.7 Å². The Morgan fingerprint density at radius 2 is 1.63 bits per heavy atom. The quantitative estimate of drug-likeness (QED) is 0.306. The maximum absolute atomic E-state index is 13.3. The molecule has 3 aliphatic rings. The predicted octanol–water partition coefficient (Wildman–Crippen LogP) is 1.46. The van der Waals surface area contributed by atoms with Crippen molar-refractivity contribution in [2.45, 2.75) is 51.0 Å². The Labute approximate surface area is 221 Å². The highest BCUT2D eigenvalue weighted by Crippen LogP contribution is 2.41. The van der Waals surface area contributed by atoms with Crippen molar-refractivity contribution in [2.75, 3.05) is 33.2 Å². The number of carboxylic acids is 1. The van der Waals surface area contributed by atoms with Crippen molar-refractivity contribution >= 4 is 23.9 Å². The molecule has 2 N–H and O–H groups in total. The number of hydrogen-bond acceptors (Lipinski definition) is 8. The van der Waals surface area contributed by atoms with Crippen LogP contribution >= 0.6 is 0 Å². The molecule has 11 nitrogen and oxygen atoms in total. The molecule has 2 saturated heterocycles. The molecule has 3 unspecified atom stereocenters. The van der Waals surface area contributed by atoms with Gasteiger partial charge < -0.3 is 34.4 Å². The Balaban J connectivity index is 1.38. The number of likely N-dealkylation sites (N-methyl/N-ethyl adjacent to an activating group) is 1. The largest absolute Gasteiger partial charge is 0.480 e. The first-order chi connectivity index (χ1) is 17.9. The fourth-order valence-electron chi connectivity index (χ4n) is 4.88. The zero-order valence-electron chi connectivity index (χ0n) is 22.1. The summed E-state index contributed by atoms with van der Waals surface area (Å²) in [5.41, 5.74) is -0.144. The van der Waals surface area contributed by atoms with E-state index >= 15 is 0 Å². The molecule has 0 aliphatic carbocycles. The van der Waals surface area contributed by atoms with Crippen molar-refractivity contribution in [1.29, 1.82) is 0 Å². The van der Waals surface area contributed by atoms with Crippen LogP contribution in [-0.2, 0) is 30.3 Å². The average molecular weight is 530 g/mol. The second kappa shape index (κ2) is 11.1. The lowest BCUT2D eigenvalue weighted by Gasteiger charge is -2.35. The minimum atomic E-state index is -1.20. The Hall–Kier alpha value is -3.44. The van der Waals surface area contributed by atoms with Crippen LogP contribution in [0, 0.1) is 11.8 Å². The zero-order chi connectivity index (χ0) is 27.6. The third-order valence-electron chi connectivity index (χ3n) is 6.84. The van der Waals surface area contributed by atoms with Crippen LogP contribution in [0.4, 0.5) is 4.79 Å². The maximum atomic E-state index is 13.3. The van der Waals surface area contributed by atoms with Gasteiger partial charge >= 0.3 is 18.0 Å². The van der Waals surface area contributed by atoms with Crippen molar-refractivity contribution in [2.24, 2.45) is 11.8 Å². The van der Waals surface area contributed by atoms with Gasteiger partial charge in [0.2, 0.25) is 5.91 Å². The van der Waals surface area contributed by atoms with Crippen LogP contribution in [0.2, 0.25) is 0 Å². The molecule has 2 amide bonds. The number of esters is 1. The SMILES string of the molecule is CN1CCN(C(=O)C2C(C(=O)Oc3ccc(CC(NC(=O)OC(C)(C)C)C(=O)O)cc3)[C@H]3C=C[C@@H]2O3)CC1. The van der Waals surface area contributed by atoms with E-state index in [0.29, 0.717) is 18.7 Å². The first kappa shape index (κ1) is 27.6. The number of nitrogens with zero attached hydrogens (tertiary/aromatic N) is 2. The minimum absolute atomic E-state index is 0.00934. The van der Waals surface area contributed by atoms with E-state index in [9.17, 15) is 24.3 Å². The fraction of sp³-hybridized carbons (Fsp3) is 0.556. The molecule has 4 rings (SSSR count). The normalized spacial score (nSPS) is 25.6. The molecule has 2 fully saturated rings. The number of fused-ring (bicyclic) bond motifs is 2. The molecule has 3 aliphatic heterocycles. The lowest BCUT2D eigenvalue weighted by atomic mass is 9.82. The summed E-state index contributed by atoms with van der Waals surface area (Å²) in [6.45, 7) is 7.83. The van der Waals surface area contributed by atoms with Crippen molar-refractivity contribution in [3.8, 4) is 5.75 Å². The number of carbonyl (C=O) groups is 4. The van der Waals surface area contributed by atoms with E-state index in [1.165, 1.54) is 0 Å². The van der Waals surface area contributed by atoms with Crippen LogP contribution in [0.1, 0.15) is 26.3 Å². The summed E-state index contributed by atoms with van der Waals surface area (Å²) in [5, 5.41) is 11.9. The molecule has 0 saturated carbocycles. The van der Waals surface area contributed by atoms with Gasteiger partial charge in [-0.1, -0.05) is 24.3 Å². The molecule has 0 radical (unpaired) electrons. The molecule has 0 spiro atoms. The minimum Gasteiger partial charge on any atom is -0.480 e. The highest BCUT2D eigenvalue weighted by atomic mass is 16.6. The Morgan fingerprint density at radius 1 is 1.03 bits per heavy atom. The molecule has 0 aromatic heterocycles. The lowest BCUT2D eigenvalue weighted by molar-refractivity contribution is -0.148. The summed E-state index contributed by atoms with van der Waals surface area (Å²) in [7, 11) is 2.01. The van der Waals surface area contributed by atoms with E-state index in [-0.39, 0.29) is 18.1 Å². The monoisotopic (exact) mass is 529 g/mol. The number of hydrogen-bond donors (Lipinski definition) is 2. The van der Waals surface area contributed by atoms with Crippen molar-refractivity contribution < 1.29 is 38.5 Å². The Morgan fingerprint density at radius 3 is 2.21 bits per heavy atom. The highest BCUT2D eigenvalue weighted by Gasteiger charge is 2.54. The number of rotatable bonds is 7. The number of piperazine rings is 1. The molecule has 5 atom stereocenters. The molecule has 1 aromatic rings. The molecule has 38 heavy (non-hydrogen) atoms. The number of carbonyl (C=O) groups excluding carboxylic acids is 3. The molecule has 3 heterocycles. The molecule has 1 aromatic carbocycles. The van der Waals surface area contributed by atoms with Crippen LogP contribution in [0.5, 0.6) is 5.75 Å². The second-order valence-electron chi connectivity index (χ2n) is 10.9. The van der Waals surface area contributed by atoms with E-state index in [1.54, 1.807) is 56.0 Å². The summed E-state index contributed by atoms with van der Waals surface area (Å²) in [5.74, 6) is -2.95. The van der Waals surface area contributed by atoms with Gasteiger partial charge in [-0.05, 0) is 45.5 Å². The number of amides is 2. The standard InChI is InChI=1S/C27H35N3O8/c1-27(2,3)38-26(35)28-18(24(32)33)15-16-5-7-17(8-6-16)36-25(34)22-20-10-9-19(37-20)21(22)23(31)30-13-11-29(4)12-14-30/h5-10,18-22H,11-15H2,1-4H3,(H,28,35)(H,32,33)/t18?,19-,20+,21?,22?/m0/s1. The van der Waals surface area contributed by atoms with Gasteiger partial charge in [-0.15, -0.1) is 0 Å². The van der Waals surface area contributed by atoms with Gasteiger partial charge in [0.25, 0.3) is 0 Å². The number of nitrogens with one attached hydrogen (secondary N) is 1. The van der Waals surface area contributed by atoms with E-state index in [1.807, 2.05) is 13.1 Å². The van der Waals surface area contributed by atoms with Gasteiger partial charge in [0.15, 0.2) is 0 Å². The summed E-state index contributed by atoms with van der Waals surface area (Å²) in [6.07, 6.45) is 1.87. The van der Waals surface area contributed by atoms with E-state index in [2.05, 4.69) is 10.2 Å². The first-order valence-corrected chi connectivity index (χ1v) is 12.8. The van der Waals surface area contributed by atoms with Crippen molar-refractivity contribution in [3.05, 3.63) is 42.0 Å². The van der Waals surface area contributed by atoms with Gasteiger partial charge in [-0.3, -0.25) is 9.59 Å². The average Bonchev–Trinajstić information content (AvgIpc) is 3.45. The van der Waals surface area contributed by atoms with Crippen molar-refractivity contribution in [3.63, 3.8) is 0 Å². The molecule has 11 heteroatoms. The van der Waals surface area contributed by atoms with Crippen LogP contribution < -0.4 is 10.1 Å². The summed E-state index contributed by atoms with van der Waals surface area (Å²) in [4.78, 5) is 54.1. The van der Waals surface area contributed by atoms with Gasteiger partial charge in [-0.2, -0.15) is 0 Å². The second-order valence-corrected chi connectivity index (χ2v) is 10.9. The van der Waals surface area contributed by atoms with Crippen molar-refractivity contribution in [1.82, 2.24) is 15.1 Å². The predicted molar refractivity (Wildman–Crippen MR) is 135 cm³/mol. The molecular formula is C27H35N3O8. The smallest absolute Gasteiger partial charge is 0.408 e. The highest BCUT2D eigenvalue weighted by molar-refractivity contribution is 5.89. The zero-order valence-corrected chi connectivity index (χ0v) is 22.1. The van der Waals surface area contributed by atoms with Crippen LogP contribution in [0.3, 0.4) is 0 Å². The number of carboxylic acid groups (broad SMARTS) is 1. The van der Waals surface area contributed by atoms with Crippen LogP contribution in [0.25, 0.3) is 0 Å². The van der Waals surface area contributed by atoms with Gasteiger partial charge in [0, 0.05) is 32.6 Å². The Bertz CT molecular complexity index is 1090. The van der Waals surface area contributed by atoms with Gasteiger partial charge in [0.1, 0.15) is 23.3 Å². The maximum Gasteiger partial charge on any atom is 0.408 e. The third-order valence-corrected chi connectivity index (χ3v) is 6.84. The topological polar surface area (TPSA) is 135 Å². The lowest BCUT2D eigenvalue weighted by Crippen LogP contribution is -2.52. The van der Waals surface area contributed by atoms with E-state index in [4.69, 9.17) is 14.2 Å². The van der Waals surface area contributed by atoms with Crippen LogP contribution in [-0.4, -0.2) is 95.9 Å². The molecular weight excluding hydrogens is 494 g/mol. The number of ether oxygens (including phenoxy) is 3. The fourth-order valence-corrected chi connectivity index (χ4v) is 4.88. The number of alkyl carbamates (subject to hydrolysis) is 1. The van der Waals surface area contributed by atoms with Gasteiger partial charge in [0.05, 0.1) is 18.1 Å². The third kappa shape index (κ3) is 6.51. The summed E-state index contributed by atoms with van der Waals surface area (Å²) in [6, 6.07) is 5.16. The van der Waals surface area contributed by atoms with Gasteiger partial charge in [-0.25, -0.2) is 9.59 Å². The van der Waals surface area contributed by atoms with Crippen LogP contribution in [0.15, 0.2) is 36.4 Å². The molecule has 2 bridgehead atoms. The molecule has 206 valence electrons. The first-order valence-electron chi connectivity index (χ1n) is 12.8. The van der Waals surface area contributed by atoms with E-state index in [0.717, 1.165) is 13.1 Å².